The Kier molecular flexibility index (Phi) is 5.12. The van der Waals surface area contributed by atoms with Gasteiger partial charge in [0, 0.05) is 6.42 Å². The molecule has 3 nitrogen and oxygen atoms in total. The lowest BCUT2D eigenvalue weighted by atomic mass is 9.90. The lowest BCUT2D eigenvalue weighted by molar-refractivity contribution is -0.117. The van der Waals surface area contributed by atoms with Crippen molar-refractivity contribution >= 4 is 15.6 Å². The van der Waals surface area contributed by atoms with Crippen molar-refractivity contribution < 1.29 is 13.2 Å². The van der Waals surface area contributed by atoms with Crippen LogP contribution >= 0.6 is 0 Å². The molecule has 0 bridgehead atoms. The van der Waals surface area contributed by atoms with Crippen LogP contribution in [0.3, 0.4) is 0 Å². The molecule has 0 saturated heterocycles. The van der Waals surface area contributed by atoms with E-state index in [1.165, 1.54) is 12.1 Å². The topological polar surface area (TPSA) is 51.2 Å². The summed E-state index contributed by atoms with van der Waals surface area (Å²) >= 11 is 0. The molecule has 0 fully saturated rings. The monoisotopic (exact) mass is 292 g/mol. The molecule has 20 heavy (non-hydrogen) atoms. The first-order chi connectivity index (χ1) is 9.58. The lowest BCUT2D eigenvalue weighted by Crippen LogP contribution is -2.17. The van der Waals surface area contributed by atoms with Crippen LogP contribution < -0.4 is 0 Å². The maximum atomic E-state index is 12.1. The Morgan fingerprint density at radius 1 is 1.15 bits per heavy atom. The zero-order valence-corrected chi connectivity index (χ0v) is 12.3. The van der Waals surface area contributed by atoms with E-state index < -0.39 is 9.84 Å². The SMILES string of the molecule is O=C(CCC1CC=CCC1)CS(=O)(=O)c1ccccc1. The molecule has 0 aliphatic heterocycles. The van der Waals surface area contributed by atoms with Gasteiger partial charge in [-0.3, -0.25) is 4.79 Å². The number of carbonyl (C=O) groups is 1. The second-order valence-corrected chi connectivity index (χ2v) is 7.29. The summed E-state index contributed by atoms with van der Waals surface area (Å²) in [4.78, 5) is 12.1. The molecular weight excluding hydrogens is 272 g/mol. The number of hydrogen-bond donors (Lipinski definition) is 0. The predicted octanol–water partition coefficient (Wildman–Crippen LogP) is 3.17. The third-order valence-electron chi connectivity index (χ3n) is 3.66. The first-order valence-electron chi connectivity index (χ1n) is 7.02. The highest BCUT2D eigenvalue weighted by molar-refractivity contribution is 7.92. The van der Waals surface area contributed by atoms with Crippen molar-refractivity contribution in [1.82, 2.24) is 0 Å². The summed E-state index contributed by atoms with van der Waals surface area (Å²) in [6, 6.07) is 8.18. The highest BCUT2D eigenvalue weighted by Gasteiger charge is 2.20. The van der Waals surface area contributed by atoms with Gasteiger partial charge in [-0.2, -0.15) is 0 Å². The Balaban J connectivity index is 1.86. The fourth-order valence-electron chi connectivity index (χ4n) is 2.48. The van der Waals surface area contributed by atoms with Crippen LogP contribution in [0.1, 0.15) is 32.1 Å². The molecule has 0 aromatic heterocycles. The van der Waals surface area contributed by atoms with Gasteiger partial charge in [0.25, 0.3) is 0 Å². The van der Waals surface area contributed by atoms with Crippen molar-refractivity contribution in [2.24, 2.45) is 5.92 Å². The molecule has 0 spiro atoms. The first kappa shape index (κ1) is 15.0. The summed E-state index contributed by atoms with van der Waals surface area (Å²) in [5.41, 5.74) is 0. The number of benzene rings is 1. The third-order valence-corrected chi connectivity index (χ3v) is 5.35. The molecule has 1 aromatic rings. The summed E-state index contributed by atoms with van der Waals surface area (Å²) < 4.78 is 24.1. The van der Waals surface area contributed by atoms with E-state index in [1.807, 2.05) is 0 Å². The van der Waals surface area contributed by atoms with Gasteiger partial charge in [-0.1, -0.05) is 30.4 Å². The van der Waals surface area contributed by atoms with E-state index in [1.54, 1.807) is 18.2 Å². The number of rotatable bonds is 6. The van der Waals surface area contributed by atoms with Crippen LogP contribution in [-0.4, -0.2) is 20.0 Å². The van der Waals surface area contributed by atoms with Gasteiger partial charge in [-0.25, -0.2) is 8.42 Å². The fraction of sp³-hybridized carbons (Fsp3) is 0.438. The van der Waals surface area contributed by atoms with Crippen LogP contribution in [0, 0.1) is 5.92 Å². The van der Waals surface area contributed by atoms with Crippen molar-refractivity contribution in [2.45, 2.75) is 37.0 Å². The predicted molar refractivity (Wildman–Crippen MR) is 79.2 cm³/mol. The minimum absolute atomic E-state index is 0.177. The molecule has 1 unspecified atom stereocenters. The maximum absolute atomic E-state index is 12.1. The van der Waals surface area contributed by atoms with E-state index in [-0.39, 0.29) is 16.4 Å². The Morgan fingerprint density at radius 3 is 2.55 bits per heavy atom. The van der Waals surface area contributed by atoms with Gasteiger partial charge in [0.1, 0.15) is 11.5 Å². The highest BCUT2D eigenvalue weighted by Crippen LogP contribution is 2.23. The molecule has 4 heteroatoms. The van der Waals surface area contributed by atoms with Crippen molar-refractivity contribution in [3.8, 4) is 0 Å². The Morgan fingerprint density at radius 2 is 1.90 bits per heavy atom. The molecule has 0 radical (unpaired) electrons. The third kappa shape index (κ3) is 4.30. The smallest absolute Gasteiger partial charge is 0.185 e. The zero-order chi connectivity index (χ0) is 14.4. The first-order valence-corrected chi connectivity index (χ1v) is 8.67. The number of allylic oxidation sites excluding steroid dienone is 2. The lowest BCUT2D eigenvalue weighted by Gasteiger charge is -2.16. The summed E-state index contributed by atoms with van der Waals surface area (Å²) in [5, 5.41) is 0. The minimum Gasteiger partial charge on any atom is -0.299 e. The molecule has 1 aliphatic rings. The number of Topliss-reactive ketones (excluding diaryl/α,β-unsaturated/α-hetero) is 1. The number of hydrogen-bond acceptors (Lipinski definition) is 3. The normalized spacial score (nSPS) is 18.9. The van der Waals surface area contributed by atoms with Crippen LogP contribution in [-0.2, 0) is 14.6 Å². The Labute approximate surface area is 120 Å². The van der Waals surface area contributed by atoms with Gasteiger partial charge in [0.2, 0.25) is 0 Å². The highest BCUT2D eigenvalue weighted by atomic mass is 32.2. The number of ketones is 1. The number of carbonyl (C=O) groups excluding carboxylic acids is 1. The second kappa shape index (κ2) is 6.84. The van der Waals surface area contributed by atoms with Crippen molar-refractivity contribution in [2.75, 3.05) is 5.75 Å². The van der Waals surface area contributed by atoms with Gasteiger partial charge < -0.3 is 0 Å². The van der Waals surface area contributed by atoms with E-state index >= 15 is 0 Å². The Bertz CT molecular complexity index is 573. The van der Waals surface area contributed by atoms with Crippen molar-refractivity contribution in [3.05, 3.63) is 42.5 Å². The quantitative estimate of drug-likeness (QED) is 0.757. The van der Waals surface area contributed by atoms with E-state index in [9.17, 15) is 13.2 Å². The molecular formula is C16H20O3S. The summed E-state index contributed by atoms with van der Waals surface area (Å²) in [5.74, 6) is -0.0219. The molecule has 0 saturated carbocycles. The van der Waals surface area contributed by atoms with Crippen LogP contribution in [0.15, 0.2) is 47.4 Å². The van der Waals surface area contributed by atoms with E-state index in [2.05, 4.69) is 12.2 Å². The van der Waals surface area contributed by atoms with Gasteiger partial charge >= 0.3 is 0 Å². The van der Waals surface area contributed by atoms with Crippen LogP contribution in [0.5, 0.6) is 0 Å². The summed E-state index contributed by atoms with van der Waals surface area (Å²) in [6.45, 7) is 0. The zero-order valence-electron chi connectivity index (χ0n) is 11.5. The van der Waals surface area contributed by atoms with Gasteiger partial charge in [0.05, 0.1) is 4.90 Å². The van der Waals surface area contributed by atoms with Crippen LogP contribution in [0.2, 0.25) is 0 Å². The Hall–Kier alpha value is -1.42. The molecule has 1 aromatic carbocycles. The average molecular weight is 292 g/mol. The van der Waals surface area contributed by atoms with Crippen LogP contribution in [0.25, 0.3) is 0 Å². The maximum Gasteiger partial charge on any atom is 0.185 e. The number of sulfone groups is 1. The minimum atomic E-state index is -3.48. The molecule has 0 N–H and O–H groups in total. The molecule has 1 aliphatic carbocycles. The molecule has 1 atom stereocenters. The van der Waals surface area contributed by atoms with Crippen molar-refractivity contribution in [1.29, 1.82) is 0 Å². The van der Waals surface area contributed by atoms with Crippen LogP contribution in [0.4, 0.5) is 0 Å². The second-order valence-electron chi connectivity index (χ2n) is 5.30. The standard InChI is InChI=1S/C16H20O3S/c17-15(12-11-14-7-3-1-4-8-14)13-20(18,19)16-9-5-2-6-10-16/h1-3,5-6,9-10,14H,4,7-8,11-13H2. The van der Waals surface area contributed by atoms with E-state index in [0.29, 0.717) is 12.3 Å². The molecule has 108 valence electrons. The molecule has 2 rings (SSSR count). The van der Waals surface area contributed by atoms with Gasteiger partial charge in [-0.15, -0.1) is 0 Å². The fourth-order valence-corrected chi connectivity index (χ4v) is 3.79. The van der Waals surface area contributed by atoms with E-state index in [4.69, 9.17) is 0 Å². The molecule has 0 heterocycles. The summed E-state index contributed by atoms with van der Waals surface area (Å²) in [7, 11) is -3.48. The molecule has 0 amide bonds. The van der Waals surface area contributed by atoms with Crippen molar-refractivity contribution in [3.63, 3.8) is 0 Å². The summed E-state index contributed by atoms with van der Waals surface area (Å²) in [6.07, 6.45) is 8.67. The van der Waals surface area contributed by atoms with Gasteiger partial charge in [0.15, 0.2) is 9.84 Å². The van der Waals surface area contributed by atoms with Gasteiger partial charge in [-0.05, 0) is 43.7 Å². The average Bonchev–Trinajstić information content (AvgIpc) is 2.47. The largest absolute Gasteiger partial charge is 0.299 e. The van der Waals surface area contributed by atoms with E-state index in [0.717, 1.165) is 25.7 Å².